The number of ether oxygens (including phenoxy) is 2. The van der Waals surface area contributed by atoms with E-state index in [2.05, 4.69) is 64.8 Å². The van der Waals surface area contributed by atoms with Crippen LogP contribution in [0.25, 0.3) is 10.9 Å². The molecule has 0 saturated heterocycles. The topological polar surface area (TPSA) is 151 Å². The molecule has 0 saturated carbocycles. The Labute approximate surface area is 307 Å². The lowest BCUT2D eigenvalue weighted by atomic mass is 10.0. The van der Waals surface area contributed by atoms with Crippen LogP contribution < -0.4 is 26.0 Å². The van der Waals surface area contributed by atoms with E-state index in [1.165, 1.54) is 14.0 Å². The summed E-state index contributed by atoms with van der Waals surface area (Å²) >= 11 is 5.69. The molecule has 1 aromatic heterocycles. The molecule has 3 aromatic carbocycles. The second-order valence-electron chi connectivity index (χ2n) is 12.5. The molecule has 0 radical (unpaired) electrons. The van der Waals surface area contributed by atoms with Gasteiger partial charge in [0, 0.05) is 35.9 Å². The van der Waals surface area contributed by atoms with Crippen LogP contribution in [-0.4, -0.2) is 59.6 Å². The fourth-order valence-corrected chi connectivity index (χ4v) is 6.26. The van der Waals surface area contributed by atoms with E-state index in [1.54, 1.807) is 27.0 Å². The van der Waals surface area contributed by atoms with Crippen LogP contribution in [0.1, 0.15) is 44.4 Å². The van der Waals surface area contributed by atoms with E-state index in [-0.39, 0.29) is 18.7 Å². The summed E-state index contributed by atoms with van der Waals surface area (Å²) < 4.78 is 13.1. The number of para-hydroxylation sites is 1. The van der Waals surface area contributed by atoms with Crippen molar-refractivity contribution in [2.75, 3.05) is 7.05 Å². The second-order valence-corrected chi connectivity index (χ2v) is 14.5. The van der Waals surface area contributed by atoms with Crippen LogP contribution in [0.3, 0.4) is 0 Å². The molecular weight excluding hydrogens is 805 g/mol. The fraction of sp³-hybridized carbons (Fsp3) is 0.333. The van der Waals surface area contributed by atoms with Crippen molar-refractivity contribution >= 4 is 73.2 Å². The summed E-state index contributed by atoms with van der Waals surface area (Å²) in [5.41, 5.74) is 2.73. The lowest BCUT2D eigenvalue weighted by molar-refractivity contribution is -0.132. The Morgan fingerprint density at radius 1 is 0.857 bits per heavy atom. The summed E-state index contributed by atoms with van der Waals surface area (Å²) in [6.07, 6.45) is 1.37. The van der Waals surface area contributed by atoms with Gasteiger partial charge in [-0.25, -0.2) is 4.79 Å². The quantitative estimate of drug-likeness (QED) is 0.112. The van der Waals surface area contributed by atoms with Gasteiger partial charge in [0.05, 0.1) is 9.09 Å². The number of carbonyl (C=O) groups is 4. The minimum atomic E-state index is -1.07. The highest BCUT2D eigenvalue weighted by Gasteiger charge is 2.29. The van der Waals surface area contributed by atoms with Crippen molar-refractivity contribution in [3.63, 3.8) is 0 Å². The van der Waals surface area contributed by atoms with Gasteiger partial charge in [-0.05, 0) is 101 Å². The summed E-state index contributed by atoms with van der Waals surface area (Å²) in [6.45, 7) is 7.10. The van der Waals surface area contributed by atoms with E-state index >= 15 is 0 Å². The average Bonchev–Trinajstić information content (AvgIpc) is 3.46. The molecule has 0 aliphatic heterocycles. The Morgan fingerprint density at radius 3 is 2.24 bits per heavy atom. The lowest BCUT2D eigenvalue weighted by Gasteiger charge is -2.25. The number of carbonyl (C=O) groups excluding carboxylic acids is 4. The van der Waals surface area contributed by atoms with Gasteiger partial charge in [0.2, 0.25) is 17.7 Å². The molecule has 4 aromatic rings. The Hall–Kier alpha value is -4.11. The maximum Gasteiger partial charge on any atom is 0.408 e. The van der Waals surface area contributed by atoms with Crippen molar-refractivity contribution in [3.05, 3.63) is 97.7 Å². The molecule has 0 aliphatic carbocycles. The molecule has 4 rings (SSSR count). The van der Waals surface area contributed by atoms with E-state index in [4.69, 9.17) is 9.47 Å². The number of amides is 4. The third-order valence-corrected chi connectivity index (χ3v) is 8.99. The summed E-state index contributed by atoms with van der Waals surface area (Å²) in [5.74, 6) is -0.851. The molecule has 0 fully saturated rings. The van der Waals surface area contributed by atoms with Crippen LogP contribution in [0.5, 0.6) is 5.75 Å². The zero-order valence-corrected chi connectivity index (χ0v) is 31.7. The first kappa shape index (κ1) is 37.7. The molecule has 11 nitrogen and oxygen atoms in total. The molecular formula is C36H41BrIN5O6. The molecule has 260 valence electrons. The minimum absolute atomic E-state index is 0.116. The first-order valence-electron chi connectivity index (χ1n) is 15.8. The first-order valence-corrected chi connectivity index (χ1v) is 17.6. The molecule has 13 heteroatoms. The fourth-order valence-electron chi connectivity index (χ4n) is 5.04. The van der Waals surface area contributed by atoms with Crippen molar-refractivity contribution < 1.29 is 28.7 Å². The Morgan fingerprint density at radius 2 is 1.57 bits per heavy atom. The SMILES string of the molecule is CNC(=O)[C@H](Cc1c[nH]c2c(Br)cccc12)NC(=O)[C@H](C)NC(=O)[C@H](Cc1ccc(OCc2ccccc2)c(I)c1)NC(=O)OC(C)(C)C. The third kappa shape index (κ3) is 10.9. The number of hydrogen-bond donors (Lipinski definition) is 5. The van der Waals surface area contributed by atoms with Gasteiger partial charge in [-0.2, -0.15) is 0 Å². The van der Waals surface area contributed by atoms with Crippen molar-refractivity contribution in [1.82, 2.24) is 26.3 Å². The number of H-pyrrole nitrogens is 1. The number of aromatic nitrogens is 1. The minimum Gasteiger partial charge on any atom is -0.488 e. The summed E-state index contributed by atoms with van der Waals surface area (Å²) in [7, 11) is 1.49. The van der Waals surface area contributed by atoms with Crippen molar-refractivity contribution in [1.29, 1.82) is 0 Å². The average molecular weight is 847 g/mol. The standard InChI is InChI=1S/C36H41BrIN5O6/c1-21(32(44)42-29(33(45)39-5)18-24-19-40-31-25(24)12-9-13-26(31)37)41-34(46)28(43-35(47)49-36(2,3)4)17-23-14-15-30(27(38)16-23)48-20-22-10-7-6-8-11-22/h6-16,19,21,28-29,40H,17-18,20H2,1-5H3,(H,39,45)(H,41,46)(H,42,44)(H,43,47)/t21-,28-,29-/m0/s1. The summed E-state index contributed by atoms with van der Waals surface area (Å²) in [5, 5.41) is 11.6. The second kappa shape index (κ2) is 17.0. The number of aromatic amines is 1. The van der Waals surface area contributed by atoms with Gasteiger partial charge in [-0.15, -0.1) is 0 Å². The van der Waals surface area contributed by atoms with Crippen molar-refractivity contribution in [2.24, 2.45) is 0 Å². The maximum atomic E-state index is 13.6. The van der Waals surface area contributed by atoms with Crippen LogP contribution in [0.4, 0.5) is 4.79 Å². The van der Waals surface area contributed by atoms with Gasteiger partial charge in [0.1, 0.15) is 36.1 Å². The number of benzene rings is 3. The van der Waals surface area contributed by atoms with Gasteiger partial charge >= 0.3 is 6.09 Å². The number of alkyl carbamates (subject to hydrolysis) is 1. The lowest BCUT2D eigenvalue weighted by Crippen LogP contribution is -2.56. The summed E-state index contributed by atoms with van der Waals surface area (Å²) in [6, 6.07) is 18.1. The number of rotatable bonds is 13. The van der Waals surface area contributed by atoms with Crippen molar-refractivity contribution in [2.45, 2.75) is 70.9 Å². The highest BCUT2D eigenvalue weighted by atomic mass is 127. The smallest absolute Gasteiger partial charge is 0.408 e. The third-order valence-electron chi connectivity index (χ3n) is 7.49. The molecule has 1 heterocycles. The molecule has 0 aliphatic rings. The molecule has 5 N–H and O–H groups in total. The molecule has 0 bridgehead atoms. The number of halogens is 2. The van der Waals surface area contributed by atoms with E-state index in [0.717, 1.165) is 35.6 Å². The molecule has 0 spiro atoms. The van der Waals surface area contributed by atoms with Gasteiger partial charge in [-0.1, -0.05) is 48.5 Å². The van der Waals surface area contributed by atoms with Crippen LogP contribution >= 0.6 is 38.5 Å². The predicted molar refractivity (Wildman–Crippen MR) is 200 cm³/mol. The van der Waals surface area contributed by atoms with E-state index in [1.807, 2.05) is 66.7 Å². The zero-order chi connectivity index (χ0) is 35.7. The number of likely N-dealkylation sites (N-methyl/N-ethyl adjacent to an activating group) is 1. The summed E-state index contributed by atoms with van der Waals surface area (Å²) in [4.78, 5) is 55.8. The molecule has 4 amide bonds. The maximum absolute atomic E-state index is 13.6. The zero-order valence-electron chi connectivity index (χ0n) is 28.0. The number of fused-ring (bicyclic) bond motifs is 1. The first-order chi connectivity index (χ1) is 23.2. The van der Waals surface area contributed by atoms with Crippen LogP contribution in [0, 0.1) is 3.57 Å². The highest BCUT2D eigenvalue weighted by Crippen LogP contribution is 2.27. The Balaban J connectivity index is 1.45. The monoisotopic (exact) mass is 845 g/mol. The normalized spacial score (nSPS) is 13.1. The van der Waals surface area contributed by atoms with Gasteiger partial charge in [0.15, 0.2) is 0 Å². The number of hydrogen-bond acceptors (Lipinski definition) is 6. The molecule has 3 atom stereocenters. The van der Waals surface area contributed by atoms with Gasteiger partial charge < -0.3 is 35.7 Å². The number of nitrogens with one attached hydrogen (secondary N) is 5. The molecule has 0 unspecified atom stereocenters. The van der Waals surface area contributed by atoms with Gasteiger partial charge in [0.25, 0.3) is 0 Å². The van der Waals surface area contributed by atoms with Crippen LogP contribution in [0.2, 0.25) is 0 Å². The van der Waals surface area contributed by atoms with Gasteiger partial charge in [-0.3, -0.25) is 14.4 Å². The van der Waals surface area contributed by atoms with E-state index in [0.29, 0.717) is 12.4 Å². The Kier molecular flexibility index (Phi) is 13.1. The van der Waals surface area contributed by atoms with E-state index in [9.17, 15) is 19.2 Å². The largest absolute Gasteiger partial charge is 0.488 e. The van der Waals surface area contributed by atoms with Crippen LogP contribution in [-0.2, 0) is 38.6 Å². The van der Waals surface area contributed by atoms with Crippen LogP contribution in [0.15, 0.2) is 77.4 Å². The molecule has 49 heavy (non-hydrogen) atoms. The van der Waals surface area contributed by atoms with Crippen molar-refractivity contribution in [3.8, 4) is 5.75 Å². The predicted octanol–water partition coefficient (Wildman–Crippen LogP) is 5.53. The highest BCUT2D eigenvalue weighted by molar-refractivity contribution is 14.1. The Bertz CT molecular complexity index is 1790. The van der Waals surface area contributed by atoms with E-state index < -0.39 is 41.6 Å².